The highest BCUT2D eigenvalue weighted by molar-refractivity contribution is 7.86. The van der Waals surface area contributed by atoms with Gasteiger partial charge in [0.25, 0.3) is 20.2 Å². The number of aryl methyl sites for hydroxylation is 2. The lowest BCUT2D eigenvalue weighted by atomic mass is 9.85. The van der Waals surface area contributed by atoms with Gasteiger partial charge in [-0.1, -0.05) is 47.0 Å². The molecule has 5 rings (SSSR count). The van der Waals surface area contributed by atoms with E-state index in [1.54, 1.807) is 24.3 Å². The van der Waals surface area contributed by atoms with Crippen molar-refractivity contribution >= 4 is 37.5 Å². The highest BCUT2D eigenvalue weighted by atomic mass is 35.5. The lowest BCUT2D eigenvalue weighted by Crippen LogP contribution is -2.62. The minimum atomic E-state index is -4.02. The highest BCUT2D eigenvalue weighted by Gasteiger charge is 2.35. The fraction of sp³-hybridized carbons (Fsp3) is 0.320. The van der Waals surface area contributed by atoms with E-state index >= 15 is 0 Å². The molecular formula is C25H30ClN3O6S2. The van der Waals surface area contributed by atoms with E-state index in [4.69, 9.17) is 20.7 Å². The molecule has 2 aliphatic heterocycles. The SMILES string of the molecule is Cc1ccc(S(=O)(=O)O)cc1.Cc1ccc(S(=O)(=O)O)cc1.Clc1ccc(N2CC[C@@H]3CN[C@@H]3C2)cn1. The smallest absolute Gasteiger partial charge is 0.294 e. The number of rotatable bonds is 3. The molecular weight excluding hydrogens is 538 g/mol. The van der Waals surface area contributed by atoms with Crippen LogP contribution in [0.2, 0.25) is 5.15 Å². The van der Waals surface area contributed by atoms with E-state index in [0.717, 1.165) is 30.1 Å². The predicted molar refractivity (Wildman–Crippen MR) is 143 cm³/mol. The van der Waals surface area contributed by atoms with Gasteiger partial charge < -0.3 is 10.2 Å². The molecule has 3 heterocycles. The van der Waals surface area contributed by atoms with Gasteiger partial charge in [-0.05, 0) is 69.1 Å². The molecule has 9 nitrogen and oxygen atoms in total. The maximum atomic E-state index is 10.5. The van der Waals surface area contributed by atoms with Gasteiger partial charge in [0.05, 0.1) is 21.7 Å². The molecule has 0 bridgehead atoms. The van der Waals surface area contributed by atoms with Crippen molar-refractivity contribution in [2.75, 3.05) is 24.5 Å². The van der Waals surface area contributed by atoms with Crippen LogP contribution in [-0.2, 0) is 20.2 Å². The third-order valence-electron chi connectivity index (χ3n) is 6.11. The first kappa shape index (κ1) is 29.0. The topological polar surface area (TPSA) is 137 Å². The number of fused-ring (bicyclic) bond motifs is 1. The zero-order valence-electron chi connectivity index (χ0n) is 20.5. The molecule has 0 saturated carbocycles. The van der Waals surface area contributed by atoms with E-state index in [9.17, 15) is 16.8 Å². The van der Waals surface area contributed by atoms with Crippen LogP contribution in [0.25, 0.3) is 0 Å². The summed E-state index contributed by atoms with van der Waals surface area (Å²) in [5.74, 6) is 0.904. The summed E-state index contributed by atoms with van der Waals surface area (Å²) in [6, 6.07) is 16.6. The number of nitrogens with zero attached hydrogens (tertiary/aromatic N) is 2. The molecule has 0 amide bonds. The van der Waals surface area contributed by atoms with Crippen LogP contribution in [0.15, 0.2) is 76.7 Å². The number of hydrogen-bond donors (Lipinski definition) is 3. The monoisotopic (exact) mass is 567 g/mol. The van der Waals surface area contributed by atoms with E-state index in [-0.39, 0.29) is 9.79 Å². The fourth-order valence-corrected chi connectivity index (χ4v) is 4.90. The summed E-state index contributed by atoms with van der Waals surface area (Å²) in [6.45, 7) is 7.14. The second kappa shape index (κ2) is 12.3. The van der Waals surface area contributed by atoms with Crippen LogP contribution in [0.3, 0.4) is 0 Å². The molecule has 0 spiro atoms. The standard InChI is InChI=1S/C11H14ClN3.2C7H8O3S/c12-11-2-1-9(6-14-11)15-4-3-8-5-13-10(8)7-15;2*1-6-2-4-7(5-3-6)11(8,9)10/h1-2,6,8,10,13H,3-5,7H2;2*2-5H,1H3,(H,8,9,10)/t8-,10-;;/m1../s1. The average Bonchev–Trinajstić information content (AvgIpc) is 2.81. The van der Waals surface area contributed by atoms with Crippen molar-refractivity contribution in [3.63, 3.8) is 0 Å². The Kier molecular flexibility index (Phi) is 9.68. The Labute approximate surface area is 223 Å². The van der Waals surface area contributed by atoms with Crippen molar-refractivity contribution in [1.29, 1.82) is 0 Å². The summed E-state index contributed by atoms with van der Waals surface area (Å²) < 4.78 is 59.1. The van der Waals surface area contributed by atoms with Crippen LogP contribution in [0, 0.1) is 19.8 Å². The summed E-state index contributed by atoms with van der Waals surface area (Å²) in [4.78, 5) is 6.37. The van der Waals surface area contributed by atoms with Crippen molar-refractivity contribution in [1.82, 2.24) is 10.3 Å². The van der Waals surface area contributed by atoms with Gasteiger partial charge in [0.1, 0.15) is 5.15 Å². The van der Waals surface area contributed by atoms with Crippen LogP contribution >= 0.6 is 11.6 Å². The van der Waals surface area contributed by atoms with Crippen LogP contribution in [0.5, 0.6) is 0 Å². The molecule has 0 unspecified atom stereocenters. The van der Waals surface area contributed by atoms with Crippen molar-refractivity contribution in [3.8, 4) is 0 Å². The molecule has 2 aromatic carbocycles. The van der Waals surface area contributed by atoms with Gasteiger partial charge in [-0.3, -0.25) is 9.11 Å². The Morgan fingerprint density at radius 3 is 1.73 bits per heavy atom. The highest BCUT2D eigenvalue weighted by Crippen LogP contribution is 2.27. The summed E-state index contributed by atoms with van der Waals surface area (Å²) in [5, 5.41) is 4.04. The number of aromatic nitrogens is 1. The van der Waals surface area contributed by atoms with Gasteiger partial charge in [-0.15, -0.1) is 0 Å². The van der Waals surface area contributed by atoms with Gasteiger partial charge >= 0.3 is 0 Å². The summed E-state index contributed by atoms with van der Waals surface area (Å²) in [5.41, 5.74) is 3.10. The van der Waals surface area contributed by atoms with Crippen LogP contribution < -0.4 is 10.2 Å². The molecule has 37 heavy (non-hydrogen) atoms. The lowest BCUT2D eigenvalue weighted by molar-refractivity contribution is 0.197. The lowest BCUT2D eigenvalue weighted by Gasteiger charge is -2.46. The molecule has 2 atom stereocenters. The van der Waals surface area contributed by atoms with Crippen LogP contribution in [0.1, 0.15) is 17.5 Å². The minimum Gasteiger partial charge on any atom is -0.369 e. The molecule has 3 N–H and O–H groups in total. The van der Waals surface area contributed by atoms with Gasteiger partial charge in [0.15, 0.2) is 0 Å². The number of hydrogen-bond acceptors (Lipinski definition) is 7. The van der Waals surface area contributed by atoms with Crippen molar-refractivity contribution in [2.45, 2.75) is 36.1 Å². The third kappa shape index (κ3) is 8.77. The predicted octanol–water partition coefficient (Wildman–Crippen LogP) is 4.02. The second-order valence-corrected chi connectivity index (χ2v) is 12.2. The maximum Gasteiger partial charge on any atom is 0.294 e. The van der Waals surface area contributed by atoms with Crippen molar-refractivity contribution in [2.24, 2.45) is 5.92 Å². The zero-order valence-corrected chi connectivity index (χ0v) is 22.8. The number of nitrogens with one attached hydrogen (secondary N) is 1. The molecule has 2 aliphatic rings. The van der Waals surface area contributed by atoms with Crippen molar-refractivity contribution in [3.05, 3.63) is 83.1 Å². The largest absolute Gasteiger partial charge is 0.369 e. The number of benzene rings is 2. The van der Waals surface area contributed by atoms with Gasteiger partial charge in [0, 0.05) is 19.1 Å². The summed E-state index contributed by atoms with van der Waals surface area (Å²) in [6.07, 6.45) is 3.15. The zero-order chi connectivity index (χ0) is 27.2. The number of anilines is 1. The first-order valence-corrected chi connectivity index (χ1v) is 14.8. The quantitative estimate of drug-likeness (QED) is 0.316. The molecule has 200 valence electrons. The molecule has 0 radical (unpaired) electrons. The van der Waals surface area contributed by atoms with Crippen LogP contribution in [0.4, 0.5) is 5.69 Å². The first-order chi connectivity index (χ1) is 17.3. The van der Waals surface area contributed by atoms with E-state index in [1.807, 2.05) is 32.2 Å². The first-order valence-electron chi connectivity index (χ1n) is 11.5. The van der Waals surface area contributed by atoms with E-state index in [0.29, 0.717) is 11.2 Å². The Morgan fingerprint density at radius 1 is 0.865 bits per heavy atom. The Hall–Kier alpha value is -2.54. The van der Waals surface area contributed by atoms with E-state index < -0.39 is 20.2 Å². The second-order valence-electron chi connectivity index (χ2n) is 8.92. The van der Waals surface area contributed by atoms with Gasteiger partial charge in [0.2, 0.25) is 0 Å². The van der Waals surface area contributed by atoms with Gasteiger partial charge in [-0.25, -0.2) is 4.98 Å². The Bertz CT molecular complexity index is 1310. The minimum absolute atomic E-state index is 0.0666. The van der Waals surface area contributed by atoms with E-state index in [1.165, 1.54) is 42.9 Å². The summed E-state index contributed by atoms with van der Waals surface area (Å²) >= 11 is 5.77. The maximum absolute atomic E-state index is 10.5. The number of halogens is 1. The normalized spacial score (nSPS) is 18.8. The number of piperidine rings is 1. The molecule has 1 aromatic heterocycles. The van der Waals surface area contributed by atoms with Crippen LogP contribution in [-0.4, -0.2) is 56.6 Å². The molecule has 3 aromatic rings. The van der Waals surface area contributed by atoms with Crippen molar-refractivity contribution < 1.29 is 25.9 Å². The number of pyridine rings is 1. The molecule has 0 aliphatic carbocycles. The van der Waals surface area contributed by atoms with Gasteiger partial charge in [-0.2, -0.15) is 16.8 Å². The molecule has 12 heteroatoms. The fourth-order valence-electron chi connectivity index (χ4n) is 3.83. The Morgan fingerprint density at radius 2 is 1.38 bits per heavy atom. The summed E-state index contributed by atoms with van der Waals surface area (Å²) in [7, 11) is -8.04. The average molecular weight is 568 g/mol. The van der Waals surface area contributed by atoms with E-state index in [2.05, 4.69) is 15.2 Å². The Balaban J connectivity index is 0.000000158. The third-order valence-corrected chi connectivity index (χ3v) is 8.07. The molecule has 2 saturated heterocycles. The molecule has 2 fully saturated rings.